The number of aromatic nitrogens is 1. The molecule has 0 saturated heterocycles. The van der Waals surface area contributed by atoms with E-state index in [1.165, 1.54) is 0 Å². The number of nitrogens with zero attached hydrogens (tertiary/aromatic N) is 1. The van der Waals surface area contributed by atoms with Gasteiger partial charge in [-0.25, -0.2) is 4.98 Å². The molecule has 0 saturated carbocycles. The fourth-order valence-corrected chi connectivity index (χ4v) is 2.68. The van der Waals surface area contributed by atoms with Crippen LogP contribution in [0.2, 0.25) is 0 Å². The van der Waals surface area contributed by atoms with Crippen molar-refractivity contribution in [2.24, 2.45) is 5.73 Å². The Morgan fingerprint density at radius 1 is 1.41 bits per heavy atom. The molecule has 2 rings (SSSR count). The van der Waals surface area contributed by atoms with E-state index < -0.39 is 0 Å². The molecule has 0 fully saturated rings. The molecule has 0 amide bonds. The third kappa shape index (κ3) is 2.42. The summed E-state index contributed by atoms with van der Waals surface area (Å²) in [4.78, 5) is 4.59. The number of rotatable bonds is 4. The maximum absolute atomic E-state index is 6.21. The SMILES string of the molecule is CCOc1ccc2nc(C(C)(N)CC)sc2c1. The summed E-state index contributed by atoms with van der Waals surface area (Å²) < 4.78 is 6.62. The molecule has 0 aliphatic carbocycles. The van der Waals surface area contributed by atoms with Crippen molar-refractivity contribution >= 4 is 21.6 Å². The zero-order chi connectivity index (χ0) is 12.5. The van der Waals surface area contributed by atoms with E-state index in [0.29, 0.717) is 6.61 Å². The molecule has 0 radical (unpaired) electrons. The highest BCUT2D eigenvalue weighted by atomic mass is 32.1. The minimum atomic E-state index is -0.338. The van der Waals surface area contributed by atoms with Gasteiger partial charge < -0.3 is 10.5 Å². The second-order valence-corrected chi connectivity index (χ2v) is 5.38. The van der Waals surface area contributed by atoms with E-state index in [1.807, 2.05) is 32.0 Å². The minimum Gasteiger partial charge on any atom is -0.494 e. The van der Waals surface area contributed by atoms with Crippen molar-refractivity contribution in [3.63, 3.8) is 0 Å². The number of hydrogen-bond donors (Lipinski definition) is 1. The third-order valence-electron chi connectivity index (χ3n) is 2.89. The molecule has 1 atom stereocenters. The Labute approximate surface area is 106 Å². The summed E-state index contributed by atoms with van der Waals surface area (Å²) in [6.07, 6.45) is 0.880. The highest BCUT2D eigenvalue weighted by Gasteiger charge is 2.23. The van der Waals surface area contributed by atoms with Crippen molar-refractivity contribution in [1.82, 2.24) is 4.98 Å². The molecule has 0 spiro atoms. The lowest BCUT2D eigenvalue weighted by Gasteiger charge is -2.18. The maximum atomic E-state index is 6.21. The van der Waals surface area contributed by atoms with Gasteiger partial charge in [-0.1, -0.05) is 6.92 Å². The van der Waals surface area contributed by atoms with Gasteiger partial charge in [-0.15, -0.1) is 11.3 Å². The Morgan fingerprint density at radius 3 is 2.82 bits per heavy atom. The lowest BCUT2D eigenvalue weighted by Crippen LogP contribution is -2.31. The molecule has 1 aromatic carbocycles. The van der Waals surface area contributed by atoms with Gasteiger partial charge in [0.25, 0.3) is 0 Å². The van der Waals surface area contributed by atoms with Gasteiger partial charge in [0.15, 0.2) is 0 Å². The van der Waals surface area contributed by atoms with Crippen LogP contribution in [-0.4, -0.2) is 11.6 Å². The molecule has 92 valence electrons. The molecular formula is C13H18N2OS. The fraction of sp³-hybridized carbons (Fsp3) is 0.462. The van der Waals surface area contributed by atoms with Gasteiger partial charge in [-0.05, 0) is 38.5 Å². The van der Waals surface area contributed by atoms with Gasteiger partial charge >= 0.3 is 0 Å². The first-order chi connectivity index (χ1) is 8.06. The number of benzene rings is 1. The van der Waals surface area contributed by atoms with Gasteiger partial charge in [0.1, 0.15) is 10.8 Å². The first-order valence-electron chi connectivity index (χ1n) is 5.89. The van der Waals surface area contributed by atoms with Crippen molar-refractivity contribution in [2.75, 3.05) is 6.61 Å². The topological polar surface area (TPSA) is 48.1 Å². The second-order valence-electron chi connectivity index (χ2n) is 4.35. The average molecular weight is 250 g/mol. The number of fused-ring (bicyclic) bond motifs is 1. The number of nitrogens with two attached hydrogens (primary N) is 1. The predicted octanol–water partition coefficient (Wildman–Crippen LogP) is 3.28. The smallest absolute Gasteiger partial charge is 0.120 e. The normalized spacial score (nSPS) is 14.8. The first-order valence-corrected chi connectivity index (χ1v) is 6.71. The monoisotopic (exact) mass is 250 g/mol. The summed E-state index contributed by atoms with van der Waals surface area (Å²) in [6, 6.07) is 5.98. The molecule has 0 bridgehead atoms. The van der Waals surface area contributed by atoms with Crippen molar-refractivity contribution < 1.29 is 4.74 Å². The first kappa shape index (κ1) is 12.3. The van der Waals surface area contributed by atoms with Crippen molar-refractivity contribution in [3.8, 4) is 5.75 Å². The molecule has 0 aliphatic rings. The van der Waals surface area contributed by atoms with Gasteiger partial charge in [-0.3, -0.25) is 0 Å². The Kier molecular flexibility index (Phi) is 3.35. The van der Waals surface area contributed by atoms with Gasteiger partial charge in [0, 0.05) is 0 Å². The van der Waals surface area contributed by atoms with Crippen LogP contribution in [-0.2, 0) is 5.54 Å². The van der Waals surface area contributed by atoms with E-state index in [0.717, 1.165) is 27.4 Å². The molecule has 3 nitrogen and oxygen atoms in total. The average Bonchev–Trinajstić information content (AvgIpc) is 2.73. The van der Waals surface area contributed by atoms with Crippen LogP contribution >= 0.6 is 11.3 Å². The summed E-state index contributed by atoms with van der Waals surface area (Å²) in [7, 11) is 0. The Balaban J connectivity index is 2.43. The molecular weight excluding hydrogens is 232 g/mol. The maximum Gasteiger partial charge on any atom is 0.120 e. The van der Waals surface area contributed by atoms with E-state index in [4.69, 9.17) is 10.5 Å². The minimum absolute atomic E-state index is 0.338. The number of ether oxygens (including phenoxy) is 1. The number of hydrogen-bond acceptors (Lipinski definition) is 4. The molecule has 2 aromatic rings. The van der Waals surface area contributed by atoms with Crippen molar-refractivity contribution in [3.05, 3.63) is 23.2 Å². The van der Waals surface area contributed by atoms with E-state index >= 15 is 0 Å². The van der Waals surface area contributed by atoms with E-state index in [1.54, 1.807) is 11.3 Å². The summed E-state index contributed by atoms with van der Waals surface area (Å²) >= 11 is 1.65. The lowest BCUT2D eigenvalue weighted by atomic mass is 10.0. The van der Waals surface area contributed by atoms with E-state index in [2.05, 4.69) is 11.9 Å². The summed E-state index contributed by atoms with van der Waals surface area (Å²) in [5.41, 5.74) is 6.88. The largest absolute Gasteiger partial charge is 0.494 e. The second kappa shape index (κ2) is 4.63. The molecule has 0 aliphatic heterocycles. The van der Waals surface area contributed by atoms with Crippen molar-refractivity contribution in [2.45, 2.75) is 32.7 Å². The molecule has 1 aromatic heterocycles. The predicted molar refractivity (Wildman–Crippen MR) is 72.6 cm³/mol. The highest BCUT2D eigenvalue weighted by Crippen LogP contribution is 2.32. The summed E-state index contributed by atoms with van der Waals surface area (Å²) in [6.45, 7) is 6.77. The van der Waals surface area contributed by atoms with Crippen LogP contribution in [0.1, 0.15) is 32.2 Å². The van der Waals surface area contributed by atoms with Crippen LogP contribution in [0, 0.1) is 0 Å². The van der Waals surface area contributed by atoms with Crippen LogP contribution in [0.25, 0.3) is 10.2 Å². The molecule has 1 heterocycles. The Hall–Kier alpha value is -1.13. The Morgan fingerprint density at radius 2 is 2.18 bits per heavy atom. The Bertz CT molecular complexity index is 519. The summed E-state index contributed by atoms with van der Waals surface area (Å²) in [5, 5.41) is 0.989. The number of thiazole rings is 1. The van der Waals surface area contributed by atoms with Crippen LogP contribution in [0.3, 0.4) is 0 Å². The standard InChI is InChI=1S/C13H18N2OS/c1-4-13(3,14)12-15-10-7-6-9(16-5-2)8-11(10)17-12/h6-8H,4-5,14H2,1-3H3. The van der Waals surface area contributed by atoms with Crippen LogP contribution < -0.4 is 10.5 Å². The van der Waals surface area contributed by atoms with Crippen LogP contribution in [0.4, 0.5) is 0 Å². The quantitative estimate of drug-likeness (QED) is 0.906. The molecule has 1 unspecified atom stereocenters. The summed E-state index contributed by atoms with van der Waals surface area (Å²) in [5.74, 6) is 0.894. The van der Waals surface area contributed by atoms with E-state index in [-0.39, 0.29) is 5.54 Å². The zero-order valence-corrected chi connectivity index (χ0v) is 11.3. The van der Waals surface area contributed by atoms with Crippen LogP contribution in [0.5, 0.6) is 5.75 Å². The molecule has 2 N–H and O–H groups in total. The van der Waals surface area contributed by atoms with Crippen LogP contribution in [0.15, 0.2) is 18.2 Å². The van der Waals surface area contributed by atoms with E-state index in [9.17, 15) is 0 Å². The van der Waals surface area contributed by atoms with Gasteiger partial charge in [-0.2, -0.15) is 0 Å². The molecule has 17 heavy (non-hydrogen) atoms. The van der Waals surface area contributed by atoms with Crippen molar-refractivity contribution in [1.29, 1.82) is 0 Å². The third-order valence-corrected chi connectivity index (χ3v) is 4.19. The highest BCUT2D eigenvalue weighted by molar-refractivity contribution is 7.18. The fourth-order valence-electron chi connectivity index (χ4n) is 1.56. The van der Waals surface area contributed by atoms with Gasteiger partial charge in [0.05, 0.1) is 22.4 Å². The zero-order valence-electron chi connectivity index (χ0n) is 10.5. The van der Waals surface area contributed by atoms with Gasteiger partial charge in [0.2, 0.25) is 0 Å². The lowest BCUT2D eigenvalue weighted by molar-refractivity contribution is 0.341. The molecule has 4 heteroatoms.